The van der Waals surface area contributed by atoms with Gasteiger partial charge in [0.05, 0.1) is 23.7 Å². The topological polar surface area (TPSA) is 75.7 Å². The number of methoxy groups -OCH3 is 1. The Hall–Kier alpha value is -3.32. The lowest BCUT2D eigenvalue weighted by Gasteiger charge is -2.26. The molecule has 0 bridgehead atoms. The predicted octanol–water partition coefficient (Wildman–Crippen LogP) is 5.04. The lowest BCUT2D eigenvalue weighted by molar-refractivity contribution is -0.120. The number of carbonyl (C=O) groups is 1. The lowest BCUT2D eigenvalue weighted by Crippen LogP contribution is -2.42. The normalized spacial score (nSPS) is 14.0. The first-order valence-electron chi connectivity index (χ1n) is 12.0. The Balaban J connectivity index is 1.59. The van der Waals surface area contributed by atoms with Crippen LogP contribution in [-0.4, -0.2) is 28.0 Å². The molecule has 6 nitrogen and oxygen atoms in total. The van der Waals surface area contributed by atoms with Gasteiger partial charge in [0, 0.05) is 0 Å². The number of hydrogen-bond donors (Lipinski definition) is 1. The second kappa shape index (κ2) is 11.0. The van der Waals surface area contributed by atoms with Gasteiger partial charge in [-0.05, 0) is 85.2 Å². The summed E-state index contributed by atoms with van der Waals surface area (Å²) in [5.74, 6) is 0.249. The molecule has 0 saturated heterocycles. The molecule has 1 atom stereocenters. The van der Waals surface area contributed by atoms with Gasteiger partial charge in [0.2, 0.25) is 5.91 Å². The molecule has 0 radical (unpaired) electrons. The largest absolute Gasteiger partial charge is 0.497 e. The Morgan fingerprint density at radius 1 is 0.971 bits per heavy atom. The molecular weight excluding hydrogens is 460 g/mol. The Morgan fingerprint density at radius 3 is 2.31 bits per heavy atom. The van der Waals surface area contributed by atoms with E-state index in [1.807, 2.05) is 6.92 Å². The van der Waals surface area contributed by atoms with E-state index in [2.05, 4.69) is 23.5 Å². The third kappa shape index (κ3) is 5.68. The third-order valence-electron chi connectivity index (χ3n) is 6.50. The van der Waals surface area contributed by atoms with E-state index in [1.165, 1.54) is 36.1 Å². The standard InChI is InChI=1S/C28H32N2O4S/c1-3-27(23-14-13-21-9-7-8-10-22(21)19-23)29-28(31)20-30(24-15-17-25(34-2)18-16-24)35(32,33)26-11-5-4-6-12-26/h4-6,11-19,27H,3,7-10,20H2,1-2H3,(H,29,31). The molecule has 0 heterocycles. The first-order valence-corrected chi connectivity index (χ1v) is 13.5. The highest BCUT2D eigenvalue weighted by atomic mass is 32.2. The minimum Gasteiger partial charge on any atom is -0.497 e. The van der Waals surface area contributed by atoms with Gasteiger partial charge in [0.15, 0.2) is 0 Å². The summed E-state index contributed by atoms with van der Waals surface area (Å²) in [5, 5.41) is 3.07. The highest BCUT2D eigenvalue weighted by Crippen LogP contribution is 2.28. The van der Waals surface area contributed by atoms with Crippen molar-refractivity contribution in [3.8, 4) is 5.75 Å². The van der Waals surface area contributed by atoms with Crippen LogP contribution in [0.5, 0.6) is 5.75 Å². The monoisotopic (exact) mass is 492 g/mol. The van der Waals surface area contributed by atoms with Crippen molar-refractivity contribution in [2.75, 3.05) is 18.0 Å². The van der Waals surface area contributed by atoms with E-state index in [9.17, 15) is 13.2 Å². The highest BCUT2D eigenvalue weighted by molar-refractivity contribution is 7.92. The molecule has 1 unspecified atom stereocenters. The van der Waals surface area contributed by atoms with Crippen LogP contribution in [0.15, 0.2) is 77.7 Å². The molecule has 1 aliphatic carbocycles. The van der Waals surface area contributed by atoms with E-state index in [0.717, 1.165) is 22.7 Å². The van der Waals surface area contributed by atoms with Gasteiger partial charge >= 0.3 is 0 Å². The zero-order valence-electron chi connectivity index (χ0n) is 20.2. The van der Waals surface area contributed by atoms with Crippen molar-refractivity contribution in [2.24, 2.45) is 0 Å². The van der Waals surface area contributed by atoms with Crippen molar-refractivity contribution >= 4 is 21.6 Å². The van der Waals surface area contributed by atoms with Gasteiger partial charge in [-0.2, -0.15) is 0 Å². The van der Waals surface area contributed by atoms with E-state index in [1.54, 1.807) is 49.6 Å². The van der Waals surface area contributed by atoms with E-state index < -0.39 is 10.0 Å². The Labute approximate surface area is 208 Å². The van der Waals surface area contributed by atoms with Crippen LogP contribution in [0.25, 0.3) is 0 Å². The molecule has 3 aromatic carbocycles. The Kier molecular flexibility index (Phi) is 7.76. The highest BCUT2D eigenvalue weighted by Gasteiger charge is 2.28. The SMILES string of the molecule is CCC(NC(=O)CN(c1ccc(OC)cc1)S(=O)(=O)c1ccccc1)c1ccc2c(c1)CCCC2. The predicted molar refractivity (Wildman–Crippen MR) is 138 cm³/mol. The van der Waals surface area contributed by atoms with Crippen LogP contribution >= 0.6 is 0 Å². The van der Waals surface area contributed by atoms with Gasteiger partial charge in [-0.15, -0.1) is 0 Å². The zero-order valence-corrected chi connectivity index (χ0v) is 21.1. The summed E-state index contributed by atoms with van der Waals surface area (Å²) in [7, 11) is -2.41. The molecule has 184 valence electrons. The first kappa shape index (κ1) is 24.8. The number of nitrogens with zero attached hydrogens (tertiary/aromatic N) is 1. The van der Waals surface area contributed by atoms with Crippen molar-refractivity contribution < 1.29 is 17.9 Å². The number of ether oxygens (including phenoxy) is 1. The van der Waals surface area contributed by atoms with Gasteiger partial charge in [0.25, 0.3) is 10.0 Å². The molecular formula is C28H32N2O4S. The minimum absolute atomic E-state index is 0.130. The van der Waals surface area contributed by atoms with Gasteiger partial charge < -0.3 is 10.1 Å². The van der Waals surface area contributed by atoms with Gasteiger partial charge in [-0.1, -0.05) is 43.3 Å². The molecule has 0 aromatic heterocycles. The van der Waals surface area contributed by atoms with E-state index in [0.29, 0.717) is 17.9 Å². The number of aryl methyl sites for hydroxylation is 2. The van der Waals surface area contributed by atoms with E-state index in [-0.39, 0.29) is 23.4 Å². The van der Waals surface area contributed by atoms with Crippen molar-refractivity contribution in [3.05, 3.63) is 89.5 Å². The fraction of sp³-hybridized carbons (Fsp3) is 0.321. The summed E-state index contributed by atoms with van der Waals surface area (Å²) < 4.78 is 33.4. The van der Waals surface area contributed by atoms with Gasteiger partial charge in [-0.25, -0.2) is 8.42 Å². The Morgan fingerprint density at radius 2 is 1.66 bits per heavy atom. The average molecular weight is 493 g/mol. The molecule has 1 aliphatic rings. The maximum absolute atomic E-state index is 13.5. The summed E-state index contributed by atoms with van der Waals surface area (Å²) in [4.78, 5) is 13.3. The number of amides is 1. The maximum atomic E-state index is 13.5. The van der Waals surface area contributed by atoms with E-state index in [4.69, 9.17) is 4.74 Å². The van der Waals surface area contributed by atoms with Crippen LogP contribution in [-0.2, 0) is 27.7 Å². The molecule has 0 aliphatic heterocycles. The molecule has 0 spiro atoms. The first-order chi connectivity index (χ1) is 16.9. The fourth-order valence-electron chi connectivity index (χ4n) is 4.54. The molecule has 1 amide bonds. The fourth-order valence-corrected chi connectivity index (χ4v) is 5.99. The zero-order chi connectivity index (χ0) is 24.8. The molecule has 0 saturated carbocycles. The number of nitrogens with one attached hydrogen (secondary N) is 1. The van der Waals surface area contributed by atoms with Crippen LogP contribution in [0.3, 0.4) is 0 Å². The lowest BCUT2D eigenvalue weighted by atomic mass is 9.89. The summed E-state index contributed by atoms with van der Waals surface area (Å²) in [5.41, 5.74) is 4.20. The van der Waals surface area contributed by atoms with Gasteiger partial charge in [-0.3, -0.25) is 9.10 Å². The van der Waals surface area contributed by atoms with Crippen LogP contribution in [0.4, 0.5) is 5.69 Å². The summed E-state index contributed by atoms with van der Waals surface area (Å²) in [6.07, 6.45) is 5.28. The van der Waals surface area contributed by atoms with E-state index >= 15 is 0 Å². The van der Waals surface area contributed by atoms with Crippen molar-refractivity contribution in [1.82, 2.24) is 5.32 Å². The smallest absolute Gasteiger partial charge is 0.264 e. The van der Waals surface area contributed by atoms with Crippen molar-refractivity contribution in [3.63, 3.8) is 0 Å². The molecule has 7 heteroatoms. The summed E-state index contributed by atoms with van der Waals surface area (Å²) in [6.45, 7) is 1.69. The summed E-state index contributed by atoms with van der Waals surface area (Å²) >= 11 is 0. The number of benzene rings is 3. The van der Waals surface area contributed by atoms with Crippen molar-refractivity contribution in [1.29, 1.82) is 0 Å². The number of rotatable bonds is 9. The quantitative estimate of drug-likeness (QED) is 0.454. The molecule has 4 rings (SSSR count). The van der Waals surface area contributed by atoms with Crippen LogP contribution < -0.4 is 14.4 Å². The second-order valence-electron chi connectivity index (χ2n) is 8.79. The number of anilines is 1. The van der Waals surface area contributed by atoms with Crippen LogP contribution in [0, 0.1) is 0 Å². The average Bonchev–Trinajstić information content (AvgIpc) is 2.90. The molecule has 0 fully saturated rings. The number of sulfonamides is 1. The number of hydrogen-bond acceptors (Lipinski definition) is 4. The third-order valence-corrected chi connectivity index (χ3v) is 8.29. The van der Waals surface area contributed by atoms with Crippen LogP contribution in [0.2, 0.25) is 0 Å². The van der Waals surface area contributed by atoms with Gasteiger partial charge in [0.1, 0.15) is 12.3 Å². The molecule has 1 N–H and O–H groups in total. The molecule has 35 heavy (non-hydrogen) atoms. The Bertz CT molecular complexity index is 1260. The minimum atomic E-state index is -3.96. The number of fused-ring (bicyclic) bond motifs is 1. The molecule has 3 aromatic rings. The summed E-state index contributed by atoms with van der Waals surface area (Å²) in [6, 6.07) is 21.1. The van der Waals surface area contributed by atoms with Crippen molar-refractivity contribution in [2.45, 2.75) is 50.0 Å². The van der Waals surface area contributed by atoms with Crippen LogP contribution in [0.1, 0.15) is 48.9 Å². The maximum Gasteiger partial charge on any atom is 0.264 e. The number of carbonyl (C=O) groups excluding carboxylic acids is 1. The second-order valence-corrected chi connectivity index (χ2v) is 10.6.